The Balaban J connectivity index is 1.58. The van der Waals surface area contributed by atoms with E-state index >= 15 is 0 Å². The molecular weight excluding hydrogens is 270 g/mol. The summed E-state index contributed by atoms with van der Waals surface area (Å²) in [6.45, 7) is 0.465. The van der Waals surface area contributed by atoms with Crippen molar-refractivity contribution in [3.8, 4) is 0 Å². The summed E-state index contributed by atoms with van der Waals surface area (Å²) in [4.78, 5) is 27.4. The molecule has 2 N–H and O–H groups in total. The second-order valence-electron chi connectivity index (χ2n) is 4.94. The van der Waals surface area contributed by atoms with Gasteiger partial charge in [0.15, 0.2) is 5.82 Å². The summed E-state index contributed by atoms with van der Waals surface area (Å²) >= 11 is 0. The molecule has 2 aromatic rings. The normalized spacial score (nSPS) is 12.9. The van der Waals surface area contributed by atoms with Crippen LogP contribution in [0, 0.1) is 0 Å². The van der Waals surface area contributed by atoms with Crippen LogP contribution < -0.4 is 10.6 Å². The number of carbonyl (C=O) groups excluding carboxylic acids is 2. The smallest absolute Gasteiger partial charge is 0.251 e. The molecule has 0 unspecified atom stereocenters. The van der Waals surface area contributed by atoms with E-state index in [-0.39, 0.29) is 11.8 Å². The molecule has 0 fully saturated rings. The van der Waals surface area contributed by atoms with Gasteiger partial charge in [-0.1, -0.05) is 6.07 Å². The first kappa shape index (κ1) is 13.3. The van der Waals surface area contributed by atoms with Crippen molar-refractivity contribution in [3.05, 3.63) is 41.5 Å². The molecule has 7 heteroatoms. The van der Waals surface area contributed by atoms with Gasteiger partial charge in [0.1, 0.15) is 6.33 Å². The average Bonchev–Trinajstić information content (AvgIpc) is 3.02. The number of hydrogen-bond donors (Lipinski definition) is 2. The topological polar surface area (TPSA) is 88.9 Å². The fraction of sp³-hybridized carbons (Fsp3) is 0.286. The minimum Gasteiger partial charge on any atom is -0.352 e. The Hall–Kier alpha value is -2.70. The maximum Gasteiger partial charge on any atom is 0.251 e. The van der Waals surface area contributed by atoms with Crippen molar-refractivity contribution in [2.24, 2.45) is 7.05 Å². The molecule has 3 rings (SSSR count). The summed E-state index contributed by atoms with van der Waals surface area (Å²) in [5.41, 5.74) is 2.18. The Morgan fingerprint density at radius 2 is 2.33 bits per heavy atom. The third-order valence-electron chi connectivity index (χ3n) is 3.28. The largest absolute Gasteiger partial charge is 0.352 e. The summed E-state index contributed by atoms with van der Waals surface area (Å²) < 4.78 is 1.63. The summed E-state index contributed by atoms with van der Waals surface area (Å²) in [5.74, 6) is 0.484. The number of anilines is 1. The van der Waals surface area contributed by atoms with Gasteiger partial charge in [0.2, 0.25) is 5.91 Å². The van der Waals surface area contributed by atoms with Crippen LogP contribution in [0.5, 0.6) is 0 Å². The second kappa shape index (κ2) is 5.35. The van der Waals surface area contributed by atoms with Crippen LogP contribution in [0.4, 0.5) is 5.69 Å². The zero-order chi connectivity index (χ0) is 14.8. The predicted molar refractivity (Wildman–Crippen MR) is 75.8 cm³/mol. The number of aromatic nitrogens is 3. The Kier molecular flexibility index (Phi) is 3.39. The Bertz CT molecular complexity index is 707. The van der Waals surface area contributed by atoms with E-state index in [0.717, 1.165) is 11.3 Å². The van der Waals surface area contributed by atoms with Crippen LogP contribution in [-0.4, -0.2) is 33.1 Å². The van der Waals surface area contributed by atoms with Gasteiger partial charge in [0.05, 0.1) is 6.42 Å². The van der Waals surface area contributed by atoms with Crippen LogP contribution in [0.1, 0.15) is 21.7 Å². The third-order valence-corrected chi connectivity index (χ3v) is 3.28. The van der Waals surface area contributed by atoms with E-state index in [1.165, 1.54) is 0 Å². The first-order valence-corrected chi connectivity index (χ1v) is 6.67. The molecule has 0 saturated heterocycles. The third kappa shape index (κ3) is 2.91. The van der Waals surface area contributed by atoms with E-state index in [4.69, 9.17) is 0 Å². The Labute approximate surface area is 121 Å². The molecule has 21 heavy (non-hydrogen) atoms. The lowest BCUT2D eigenvalue weighted by atomic mass is 10.1. The van der Waals surface area contributed by atoms with Crippen molar-refractivity contribution < 1.29 is 9.59 Å². The number of amides is 2. The molecule has 2 heterocycles. The number of hydrogen-bond acceptors (Lipinski definition) is 4. The number of nitrogens with one attached hydrogen (secondary N) is 2. The maximum absolute atomic E-state index is 12.1. The number of carbonyl (C=O) groups is 2. The van der Waals surface area contributed by atoms with Crippen molar-refractivity contribution in [2.75, 3.05) is 11.9 Å². The van der Waals surface area contributed by atoms with Gasteiger partial charge in [0.25, 0.3) is 5.91 Å². The minimum atomic E-state index is -0.171. The number of benzene rings is 1. The highest BCUT2D eigenvalue weighted by Gasteiger charge is 2.18. The van der Waals surface area contributed by atoms with E-state index < -0.39 is 0 Å². The number of nitrogens with zero attached hydrogens (tertiary/aromatic N) is 3. The zero-order valence-corrected chi connectivity index (χ0v) is 11.6. The molecule has 0 bridgehead atoms. The SMILES string of the molecule is Cn1cnc(CCNC(=O)c2ccc3c(c2)NC(=O)C3)n1. The summed E-state index contributed by atoms with van der Waals surface area (Å²) in [7, 11) is 1.80. The molecular formula is C14H15N5O2. The number of rotatable bonds is 4. The highest BCUT2D eigenvalue weighted by atomic mass is 16.2. The van der Waals surface area contributed by atoms with E-state index in [2.05, 4.69) is 20.7 Å². The fourth-order valence-corrected chi connectivity index (χ4v) is 2.24. The Morgan fingerprint density at radius 3 is 3.10 bits per heavy atom. The molecule has 108 valence electrons. The number of fused-ring (bicyclic) bond motifs is 1. The van der Waals surface area contributed by atoms with E-state index in [1.54, 1.807) is 30.2 Å². The highest BCUT2D eigenvalue weighted by Crippen LogP contribution is 2.23. The van der Waals surface area contributed by atoms with Crippen molar-refractivity contribution >= 4 is 17.5 Å². The molecule has 0 saturated carbocycles. The van der Waals surface area contributed by atoms with Gasteiger partial charge in [-0.3, -0.25) is 14.3 Å². The van der Waals surface area contributed by atoms with E-state index in [0.29, 0.717) is 30.8 Å². The molecule has 0 atom stereocenters. The van der Waals surface area contributed by atoms with Crippen LogP contribution in [0.15, 0.2) is 24.5 Å². The van der Waals surface area contributed by atoms with Crippen LogP contribution >= 0.6 is 0 Å². The van der Waals surface area contributed by atoms with Gasteiger partial charge in [-0.05, 0) is 17.7 Å². The summed E-state index contributed by atoms with van der Waals surface area (Å²) in [5, 5.41) is 9.70. The van der Waals surface area contributed by atoms with Crippen LogP contribution in [0.25, 0.3) is 0 Å². The molecule has 2 amide bonds. The molecule has 1 aliphatic heterocycles. The molecule has 0 spiro atoms. The van der Waals surface area contributed by atoms with Gasteiger partial charge in [-0.2, -0.15) is 5.10 Å². The van der Waals surface area contributed by atoms with Crippen LogP contribution in [-0.2, 0) is 24.7 Å². The van der Waals surface area contributed by atoms with Gasteiger partial charge in [-0.25, -0.2) is 4.98 Å². The van der Waals surface area contributed by atoms with Crippen molar-refractivity contribution in [1.82, 2.24) is 20.1 Å². The minimum absolute atomic E-state index is 0.0382. The van der Waals surface area contributed by atoms with Gasteiger partial charge in [-0.15, -0.1) is 0 Å². The number of aryl methyl sites for hydroxylation is 1. The van der Waals surface area contributed by atoms with Crippen molar-refractivity contribution in [1.29, 1.82) is 0 Å². The Morgan fingerprint density at radius 1 is 1.48 bits per heavy atom. The van der Waals surface area contributed by atoms with Gasteiger partial charge >= 0.3 is 0 Å². The van der Waals surface area contributed by atoms with Crippen LogP contribution in [0.2, 0.25) is 0 Å². The molecule has 7 nitrogen and oxygen atoms in total. The first-order chi connectivity index (χ1) is 10.1. The molecule has 0 aliphatic carbocycles. The maximum atomic E-state index is 12.1. The summed E-state index contributed by atoms with van der Waals surface area (Å²) in [6, 6.07) is 5.24. The van der Waals surface area contributed by atoms with E-state index in [1.807, 2.05) is 6.07 Å². The van der Waals surface area contributed by atoms with Gasteiger partial charge < -0.3 is 10.6 Å². The average molecular weight is 285 g/mol. The first-order valence-electron chi connectivity index (χ1n) is 6.67. The zero-order valence-electron chi connectivity index (χ0n) is 11.6. The van der Waals surface area contributed by atoms with Gasteiger partial charge in [0, 0.05) is 31.3 Å². The lowest BCUT2D eigenvalue weighted by Crippen LogP contribution is -2.26. The quantitative estimate of drug-likeness (QED) is 0.844. The highest BCUT2D eigenvalue weighted by molar-refractivity contribution is 6.02. The lowest BCUT2D eigenvalue weighted by Gasteiger charge is -2.05. The fourth-order valence-electron chi connectivity index (χ4n) is 2.24. The van der Waals surface area contributed by atoms with Crippen molar-refractivity contribution in [3.63, 3.8) is 0 Å². The second-order valence-corrected chi connectivity index (χ2v) is 4.94. The molecule has 1 aromatic heterocycles. The standard InChI is InChI=1S/C14H15N5O2/c1-19-8-16-12(18-19)4-5-15-14(21)10-3-2-9-7-13(20)17-11(9)6-10/h2-3,6,8H,4-5,7H2,1H3,(H,15,21)(H,17,20). The molecule has 1 aromatic carbocycles. The molecule has 0 radical (unpaired) electrons. The predicted octanol–water partition coefficient (Wildman–Crippen LogP) is 0.282. The lowest BCUT2D eigenvalue weighted by molar-refractivity contribution is -0.115. The van der Waals surface area contributed by atoms with E-state index in [9.17, 15) is 9.59 Å². The van der Waals surface area contributed by atoms with Crippen molar-refractivity contribution in [2.45, 2.75) is 12.8 Å². The van der Waals surface area contributed by atoms with Crippen LogP contribution in [0.3, 0.4) is 0 Å². The molecule has 1 aliphatic rings. The monoisotopic (exact) mass is 285 g/mol. The summed E-state index contributed by atoms with van der Waals surface area (Å²) in [6.07, 6.45) is 2.58.